The maximum absolute atomic E-state index is 13.6. The van der Waals surface area contributed by atoms with E-state index in [9.17, 15) is 9.18 Å². The summed E-state index contributed by atoms with van der Waals surface area (Å²) in [6.07, 6.45) is 3.56. The van der Waals surface area contributed by atoms with Gasteiger partial charge in [-0.15, -0.1) is 0 Å². The van der Waals surface area contributed by atoms with Gasteiger partial charge in [0.2, 0.25) is 0 Å². The molecule has 0 radical (unpaired) electrons. The van der Waals surface area contributed by atoms with Gasteiger partial charge >= 0.3 is 0 Å². The molecule has 1 aromatic rings. The Morgan fingerprint density at radius 2 is 2.20 bits per heavy atom. The van der Waals surface area contributed by atoms with Gasteiger partial charge in [-0.3, -0.25) is 9.69 Å². The van der Waals surface area contributed by atoms with E-state index in [1.54, 1.807) is 6.07 Å². The number of hydrogen-bond acceptors (Lipinski definition) is 3. The first-order chi connectivity index (χ1) is 9.63. The molecular formula is C16H22FNO2. The first-order valence-electron chi connectivity index (χ1n) is 7.23. The number of benzene rings is 1. The van der Waals surface area contributed by atoms with Crippen LogP contribution in [0.4, 0.5) is 4.39 Å². The lowest BCUT2D eigenvalue weighted by Gasteiger charge is -2.20. The summed E-state index contributed by atoms with van der Waals surface area (Å²) < 4.78 is 18.5. The van der Waals surface area contributed by atoms with E-state index in [-0.39, 0.29) is 11.5 Å². The molecule has 0 bridgehead atoms. The Hall–Kier alpha value is -1.42. The highest BCUT2D eigenvalue weighted by Gasteiger charge is 2.25. The lowest BCUT2D eigenvalue weighted by atomic mass is 10.1. The van der Waals surface area contributed by atoms with Crippen LogP contribution in [0.15, 0.2) is 18.2 Å². The number of rotatable bonds is 8. The van der Waals surface area contributed by atoms with Crippen LogP contribution in [0.5, 0.6) is 5.75 Å². The van der Waals surface area contributed by atoms with Crippen LogP contribution in [0.3, 0.4) is 0 Å². The van der Waals surface area contributed by atoms with Crippen molar-refractivity contribution < 1.29 is 13.9 Å². The van der Waals surface area contributed by atoms with Gasteiger partial charge in [0.25, 0.3) is 0 Å². The van der Waals surface area contributed by atoms with Gasteiger partial charge < -0.3 is 4.74 Å². The zero-order chi connectivity index (χ0) is 14.5. The Morgan fingerprint density at radius 3 is 2.75 bits per heavy atom. The topological polar surface area (TPSA) is 29.5 Å². The van der Waals surface area contributed by atoms with E-state index < -0.39 is 5.82 Å². The van der Waals surface area contributed by atoms with Gasteiger partial charge in [-0.25, -0.2) is 4.39 Å². The summed E-state index contributed by atoms with van der Waals surface area (Å²) in [7, 11) is 1.42. The second-order valence-corrected chi connectivity index (χ2v) is 5.45. The van der Waals surface area contributed by atoms with Crippen LogP contribution in [0.25, 0.3) is 0 Å². The number of ether oxygens (including phenoxy) is 1. The third-order valence-corrected chi connectivity index (χ3v) is 3.59. The van der Waals surface area contributed by atoms with Crippen LogP contribution in [-0.4, -0.2) is 37.4 Å². The lowest BCUT2D eigenvalue weighted by Crippen LogP contribution is -2.32. The number of carbonyl (C=O) groups is 1. The third kappa shape index (κ3) is 4.04. The van der Waals surface area contributed by atoms with E-state index in [0.717, 1.165) is 25.4 Å². The van der Waals surface area contributed by atoms with Gasteiger partial charge in [0.05, 0.1) is 13.7 Å². The molecule has 0 spiro atoms. The number of ketones is 1. The Balaban J connectivity index is 1.99. The highest BCUT2D eigenvalue weighted by Crippen LogP contribution is 2.29. The molecule has 0 amide bonds. The fourth-order valence-corrected chi connectivity index (χ4v) is 2.35. The largest absolute Gasteiger partial charge is 0.494 e. The summed E-state index contributed by atoms with van der Waals surface area (Å²) in [6, 6.07) is 4.40. The quantitative estimate of drug-likeness (QED) is 0.685. The van der Waals surface area contributed by atoms with Crippen molar-refractivity contribution in [2.75, 3.05) is 26.7 Å². The third-order valence-electron chi connectivity index (χ3n) is 3.59. The van der Waals surface area contributed by atoms with Gasteiger partial charge in [-0.1, -0.05) is 6.92 Å². The van der Waals surface area contributed by atoms with Crippen LogP contribution < -0.4 is 4.74 Å². The number of halogens is 1. The zero-order valence-electron chi connectivity index (χ0n) is 12.2. The van der Waals surface area contributed by atoms with Crippen molar-refractivity contribution in [3.8, 4) is 5.75 Å². The molecule has 0 atom stereocenters. The second-order valence-electron chi connectivity index (χ2n) is 5.45. The van der Waals surface area contributed by atoms with Crippen LogP contribution >= 0.6 is 0 Å². The molecule has 0 aromatic heterocycles. The molecule has 1 saturated carbocycles. The lowest BCUT2D eigenvalue weighted by molar-refractivity contribution is 0.0927. The van der Waals surface area contributed by atoms with Crippen LogP contribution in [0.1, 0.15) is 36.5 Å². The molecule has 0 aliphatic heterocycles. The Morgan fingerprint density at radius 1 is 1.45 bits per heavy atom. The molecule has 1 fully saturated rings. The van der Waals surface area contributed by atoms with Crippen molar-refractivity contribution in [1.82, 2.24) is 4.90 Å². The average Bonchev–Trinajstić information content (AvgIpc) is 3.22. The maximum Gasteiger partial charge on any atom is 0.176 e. The summed E-state index contributed by atoms with van der Waals surface area (Å²) in [4.78, 5) is 14.4. The predicted molar refractivity (Wildman–Crippen MR) is 76.7 cm³/mol. The highest BCUT2D eigenvalue weighted by atomic mass is 19.1. The number of nitrogens with zero attached hydrogens (tertiary/aromatic N) is 1. The second kappa shape index (κ2) is 6.84. The van der Waals surface area contributed by atoms with Crippen molar-refractivity contribution in [2.24, 2.45) is 5.92 Å². The van der Waals surface area contributed by atoms with E-state index in [1.807, 2.05) is 0 Å². The first kappa shape index (κ1) is 15.0. The van der Waals surface area contributed by atoms with Crippen LogP contribution in [-0.2, 0) is 0 Å². The van der Waals surface area contributed by atoms with E-state index in [1.165, 1.54) is 32.1 Å². The Labute approximate surface area is 119 Å². The van der Waals surface area contributed by atoms with E-state index in [2.05, 4.69) is 11.8 Å². The van der Waals surface area contributed by atoms with Gasteiger partial charge in [0, 0.05) is 12.1 Å². The summed E-state index contributed by atoms with van der Waals surface area (Å²) in [6.45, 7) is 4.38. The fraction of sp³-hybridized carbons (Fsp3) is 0.562. The minimum Gasteiger partial charge on any atom is -0.494 e. The van der Waals surface area contributed by atoms with Crippen LogP contribution in [0, 0.1) is 11.7 Å². The van der Waals surface area contributed by atoms with Crippen molar-refractivity contribution >= 4 is 5.78 Å². The van der Waals surface area contributed by atoms with Crippen LogP contribution in [0.2, 0.25) is 0 Å². The minimum atomic E-state index is -0.484. The predicted octanol–water partition coefficient (Wildman–Crippen LogP) is 3.14. The molecule has 20 heavy (non-hydrogen) atoms. The molecule has 0 N–H and O–H groups in total. The summed E-state index contributed by atoms with van der Waals surface area (Å²) in [5, 5.41) is 0. The highest BCUT2D eigenvalue weighted by molar-refractivity contribution is 5.97. The van der Waals surface area contributed by atoms with Gasteiger partial charge in [0.15, 0.2) is 17.3 Å². The smallest absolute Gasteiger partial charge is 0.176 e. The summed E-state index contributed by atoms with van der Waals surface area (Å²) in [5.74, 6) is 0.412. The van der Waals surface area contributed by atoms with Gasteiger partial charge in [-0.05, 0) is 49.9 Å². The van der Waals surface area contributed by atoms with E-state index in [0.29, 0.717) is 12.1 Å². The molecule has 3 nitrogen and oxygen atoms in total. The van der Waals surface area contributed by atoms with Crippen molar-refractivity contribution in [2.45, 2.75) is 26.2 Å². The molecule has 1 aromatic carbocycles. The number of carbonyl (C=O) groups excluding carboxylic acids is 1. The molecular weight excluding hydrogens is 257 g/mol. The molecule has 0 heterocycles. The van der Waals surface area contributed by atoms with Crippen molar-refractivity contribution in [3.05, 3.63) is 29.6 Å². The molecule has 0 saturated heterocycles. The first-order valence-corrected chi connectivity index (χ1v) is 7.23. The normalized spacial score (nSPS) is 14.6. The number of methoxy groups -OCH3 is 1. The number of Topliss-reactive ketones (excluding diaryl/α,β-unsaturated/α-hetero) is 1. The molecule has 110 valence electrons. The van der Waals surface area contributed by atoms with Gasteiger partial charge in [-0.2, -0.15) is 0 Å². The molecule has 1 aliphatic rings. The monoisotopic (exact) mass is 279 g/mol. The molecule has 1 aliphatic carbocycles. The average molecular weight is 279 g/mol. The van der Waals surface area contributed by atoms with E-state index >= 15 is 0 Å². The van der Waals surface area contributed by atoms with Crippen molar-refractivity contribution in [1.29, 1.82) is 0 Å². The Kier molecular flexibility index (Phi) is 5.12. The summed E-state index contributed by atoms with van der Waals surface area (Å²) in [5.41, 5.74) is 0.417. The number of hydrogen-bond donors (Lipinski definition) is 0. The Bertz CT molecular complexity index is 472. The standard InChI is InChI=1S/C16H22FNO2/c1-3-8-18(10-12-4-5-12)11-15(19)13-6-7-16(20-2)14(17)9-13/h6-7,9,12H,3-5,8,10-11H2,1-2H3. The maximum atomic E-state index is 13.6. The van der Waals surface area contributed by atoms with Crippen molar-refractivity contribution in [3.63, 3.8) is 0 Å². The van der Waals surface area contributed by atoms with E-state index in [4.69, 9.17) is 4.74 Å². The van der Waals surface area contributed by atoms with Gasteiger partial charge in [0.1, 0.15) is 0 Å². The SMILES string of the molecule is CCCN(CC(=O)c1ccc(OC)c(F)c1)CC1CC1. The summed E-state index contributed by atoms with van der Waals surface area (Å²) >= 11 is 0. The molecule has 2 rings (SSSR count). The molecule has 0 unspecified atom stereocenters. The zero-order valence-corrected chi connectivity index (χ0v) is 12.2. The minimum absolute atomic E-state index is 0.0272. The molecule has 4 heteroatoms. The fourth-order valence-electron chi connectivity index (χ4n) is 2.35.